The number of hydrogen-bond acceptors (Lipinski definition) is 4. The first kappa shape index (κ1) is 20.9. The molecule has 0 spiro atoms. The van der Waals surface area contributed by atoms with E-state index < -0.39 is 9.84 Å². The van der Waals surface area contributed by atoms with Gasteiger partial charge in [0.05, 0.1) is 17.2 Å². The van der Waals surface area contributed by atoms with Crippen molar-refractivity contribution in [1.29, 1.82) is 0 Å². The van der Waals surface area contributed by atoms with Crippen molar-refractivity contribution < 1.29 is 8.42 Å². The summed E-state index contributed by atoms with van der Waals surface area (Å²) in [6.07, 6.45) is 4.14. The Morgan fingerprint density at radius 2 is 1.53 bits per heavy atom. The topological polar surface area (TPSA) is 55.2 Å². The molecule has 1 aliphatic rings. The van der Waals surface area contributed by atoms with Crippen molar-refractivity contribution in [3.63, 3.8) is 0 Å². The van der Waals surface area contributed by atoms with Crippen LogP contribution in [0.4, 0.5) is 0 Å². The van der Waals surface area contributed by atoms with Gasteiger partial charge in [-0.3, -0.25) is 0 Å². The Kier molecular flexibility index (Phi) is 5.81. The van der Waals surface area contributed by atoms with Gasteiger partial charge in [0.2, 0.25) is 0 Å². The van der Waals surface area contributed by atoms with E-state index in [-0.39, 0.29) is 11.5 Å². The van der Waals surface area contributed by atoms with Crippen LogP contribution in [-0.4, -0.2) is 54.0 Å². The summed E-state index contributed by atoms with van der Waals surface area (Å²) in [6, 6.07) is 24.9. The number of fused-ring (bicyclic) bond motifs is 1. The molecule has 5 rings (SSSR count). The summed E-state index contributed by atoms with van der Waals surface area (Å²) in [7, 11) is -2.83. The number of nitrogens with zero attached hydrogens (tertiary/aromatic N) is 3. The van der Waals surface area contributed by atoms with Gasteiger partial charge in [-0.15, -0.1) is 0 Å². The number of aromatic nitrogens is 2. The molecule has 0 saturated carbocycles. The van der Waals surface area contributed by atoms with Crippen molar-refractivity contribution in [3.05, 3.63) is 84.6 Å². The summed E-state index contributed by atoms with van der Waals surface area (Å²) in [5.41, 5.74) is 5.42. The minimum Gasteiger partial charge on any atom is -0.301 e. The standard InChI is InChI=1S/C26H27N3O2S/c30-32(31)18-16-28(17-19-32)15-7-10-22-20-29(23-11-5-2-6-12-23)26-24(22)13-14-25(27-26)21-8-3-1-4-9-21/h1-6,8-9,11-14,20H,7,10,15-19H2. The molecule has 164 valence electrons. The minimum absolute atomic E-state index is 0.284. The molecule has 5 nitrogen and oxygen atoms in total. The lowest BCUT2D eigenvalue weighted by molar-refractivity contribution is 0.292. The van der Waals surface area contributed by atoms with Gasteiger partial charge in [0.15, 0.2) is 9.84 Å². The van der Waals surface area contributed by atoms with E-state index in [2.05, 4.69) is 52.1 Å². The lowest BCUT2D eigenvalue weighted by atomic mass is 10.1. The molecular weight excluding hydrogens is 418 g/mol. The zero-order valence-electron chi connectivity index (χ0n) is 18.0. The molecule has 1 saturated heterocycles. The Morgan fingerprint density at radius 3 is 2.25 bits per heavy atom. The Bertz CT molecular complexity index is 1300. The lowest BCUT2D eigenvalue weighted by Gasteiger charge is -2.26. The van der Waals surface area contributed by atoms with Crippen molar-refractivity contribution in [2.24, 2.45) is 0 Å². The quantitative estimate of drug-likeness (QED) is 0.443. The molecule has 0 atom stereocenters. The summed E-state index contributed by atoms with van der Waals surface area (Å²) in [6.45, 7) is 2.22. The van der Waals surface area contributed by atoms with E-state index in [1.165, 1.54) is 10.9 Å². The van der Waals surface area contributed by atoms with E-state index in [0.717, 1.165) is 42.0 Å². The molecule has 0 unspecified atom stereocenters. The van der Waals surface area contributed by atoms with E-state index in [1.807, 2.05) is 36.4 Å². The van der Waals surface area contributed by atoms with Crippen LogP contribution in [0.5, 0.6) is 0 Å². The number of hydrogen-bond donors (Lipinski definition) is 0. The first-order valence-electron chi connectivity index (χ1n) is 11.1. The number of rotatable bonds is 6. The highest BCUT2D eigenvalue weighted by molar-refractivity contribution is 7.91. The van der Waals surface area contributed by atoms with Crippen molar-refractivity contribution in [2.75, 3.05) is 31.1 Å². The average Bonchev–Trinajstić information content (AvgIpc) is 3.19. The van der Waals surface area contributed by atoms with Crippen molar-refractivity contribution in [3.8, 4) is 16.9 Å². The molecule has 0 N–H and O–H groups in total. The lowest BCUT2D eigenvalue weighted by Crippen LogP contribution is -2.40. The largest absolute Gasteiger partial charge is 0.301 e. The molecule has 1 aliphatic heterocycles. The van der Waals surface area contributed by atoms with Crippen LogP contribution in [-0.2, 0) is 16.3 Å². The maximum atomic E-state index is 11.7. The molecule has 3 heterocycles. The molecule has 1 fully saturated rings. The van der Waals surface area contributed by atoms with Gasteiger partial charge in [-0.1, -0.05) is 48.5 Å². The minimum atomic E-state index is -2.83. The number of para-hydroxylation sites is 1. The molecule has 32 heavy (non-hydrogen) atoms. The van der Waals surface area contributed by atoms with Crippen LogP contribution in [0.3, 0.4) is 0 Å². The fourth-order valence-corrected chi connectivity index (χ4v) is 5.67. The maximum absolute atomic E-state index is 11.7. The summed E-state index contributed by atoms with van der Waals surface area (Å²) in [5, 5.41) is 1.18. The summed E-state index contributed by atoms with van der Waals surface area (Å²) in [5.74, 6) is 0.568. The maximum Gasteiger partial charge on any atom is 0.152 e. The summed E-state index contributed by atoms with van der Waals surface area (Å²) in [4.78, 5) is 7.31. The van der Waals surface area contributed by atoms with Gasteiger partial charge in [-0.25, -0.2) is 13.4 Å². The SMILES string of the molecule is O=S1(=O)CCN(CCCc2cn(-c3ccccc3)c3nc(-c4ccccc4)ccc23)CC1. The van der Waals surface area contributed by atoms with Crippen LogP contribution in [0, 0.1) is 0 Å². The molecule has 4 aromatic rings. The van der Waals surface area contributed by atoms with Gasteiger partial charge in [0.1, 0.15) is 5.65 Å². The van der Waals surface area contributed by atoms with Crippen molar-refractivity contribution in [2.45, 2.75) is 12.8 Å². The van der Waals surface area contributed by atoms with Crippen LogP contribution >= 0.6 is 0 Å². The van der Waals surface area contributed by atoms with Crippen molar-refractivity contribution in [1.82, 2.24) is 14.5 Å². The third-order valence-electron chi connectivity index (χ3n) is 6.20. The van der Waals surface area contributed by atoms with Crippen LogP contribution in [0.2, 0.25) is 0 Å². The van der Waals surface area contributed by atoms with Gasteiger partial charge >= 0.3 is 0 Å². The predicted octanol–water partition coefficient (Wildman–Crippen LogP) is 4.36. The second-order valence-electron chi connectivity index (χ2n) is 8.39. The fraction of sp³-hybridized carbons (Fsp3) is 0.269. The monoisotopic (exact) mass is 445 g/mol. The van der Waals surface area contributed by atoms with Crippen LogP contribution in [0.15, 0.2) is 79.0 Å². The van der Waals surface area contributed by atoms with Crippen LogP contribution in [0.1, 0.15) is 12.0 Å². The molecule has 2 aromatic carbocycles. The van der Waals surface area contributed by atoms with Gasteiger partial charge in [-0.2, -0.15) is 0 Å². The highest BCUT2D eigenvalue weighted by Crippen LogP contribution is 2.28. The molecule has 0 aliphatic carbocycles. The van der Waals surface area contributed by atoms with E-state index >= 15 is 0 Å². The van der Waals surface area contributed by atoms with Crippen LogP contribution < -0.4 is 0 Å². The molecular formula is C26H27N3O2S. The highest BCUT2D eigenvalue weighted by Gasteiger charge is 2.21. The van der Waals surface area contributed by atoms with Gasteiger partial charge in [-0.05, 0) is 49.2 Å². The first-order chi connectivity index (χ1) is 15.6. The summed E-state index contributed by atoms with van der Waals surface area (Å²) < 4.78 is 25.5. The smallest absolute Gasteiger partial charge is 0.152 e. The van der Waals surface area contributed by atoms with E-state index in [1.54, 1.807) is 0 Å². The Labute approximate surface area is 189 Å². The van der Waals surface area contributed by atoms with Crippen molar-refractivity contribution >= 4 is 20.9 Å². The van der Waals surface area contributed by atoms with E-state index in [0.29, 0.717) is 13.1 Å². The zero-order valence-corrected chi connectivity index (χ0v) is 18.8. The molecule has 0 bridgehead atoms. The first-order valence-corrected chi connectivity index (χ1v) is 13.0. The third-order valence-corrected chi connectivity index (χ3v) is 7.80. The number of sulfone groups is 1. The van der Waals surface area contributed by atoms with E-state index in [9.17, 15) is 8.42 Å². The normalized spacial score (nSPS) is 16.4. The highest BCUT2D eigenvalue weighted by atomic mass is 32.2. The zero-order chi connectivity index (χ0) is 22.0. The molecule has 6 heteroatoms. The Morgan fingerprint density at radius 1 is 0.844 bits per heavy atom. The predicted molar refractivity (Wildman–Crippen MR) is 130 cm³/mol. The van der Waals surface area contributed by atoms with E-state index in [4.69, 9.17) is 4.98 Å². The second kappa shape index (κ2) is 8.88. The number of pyridine rings is 1. The Balaban J connectivity index is 1.42. The average molecular weight is 446 g/mol. The van der Waals surface area contributed by atoms with Crippen LogP contribution in [0.25, 0.3) is 28.0 Å². The van der Waals surface area contributed by atoms with Gasteiger partial charge in [0, 0.05) is 35.9 Å². The number of aryl methyl sites for hydroxylation is 1. The fourth-order valence-electron chi connectivity index (χ4n) is 4.39. The third kappa shape index (κ3) is 4.47. The molecule has 0 amide bonds. The van der Waals surface area contributed by atoms with Gasteiger partial charge in [0.25, 0.3) is 0 Å². The molecule has 2 aromatic heterocycles. The summed E-state index contributed by atoms with van der Waals surface area (Å²) >= 11 is 0. The Hall–Kier alpha value is -2.96. The molecule has 0 radical (unpaired) electrons. The van der Waals surface area contributed by atoms with Gasteiger partial charge < -0.3 is 9.47 Å². The second-order valence-corrected chi connectivity index (χ2v) is 10.7. The number of benzene rings is 2.